The molecule has 0 atom stereocenters. The fourth-order valence-corrected chi connectivity index (χ4v) is 3.09. The summed E-state index contributed by atoms with van der Waals surface area (Å²) in [5, 5.41) is 8.86. The summed E-state index contributed by atoms with van der Waals surface area (Å²) in [6.07, 6.45) is 2.35. The molecule has 2 rings (SSSR count). The predicted molar refractivity (Wildman–Crippen MR) is 79.7 cm³/mol. The van der Waals surface area contributed by atoms with E-state index in [2.05, 4.69) is 16.9 Å². The van der Waals surface area contributed by atoms with Crippen molar-refractivity contribution < 1.29 is 9.90 Å². The van der Waals surface area contributed by atoms with Crippen molar-refractivity contribution in [1.29, 1.82) is 0 Å². The first-order valence-electron chi connectivity index (χ1n) is 7.39. The first-order valence-corrected chi connectivity index (χ1v) is 7.39. The van der Waals surface area contributed by atoms with Crippen LogP contribution in [0.2, 0.25) is 0 Å². The van der Waals surface area contributed by atoms with Gasteiger partial charge in [0.05, 0.1) is 0 Å². The van der Waals surface area contributed by atoms with E-state index >= 15 is 0 Å². The minimum absolute atomic E-state index is 0.0645. The zero-order valence-corrected chi connectivity index (χ0v) is 12.9. The van der Waals surface area contributed by atoms with E-state index in [0.717, 1.165) is 37.2 Å². The molecule has 1 saturated heterocycles. The number of aliphatic carboxylic acids is 1. The van der Waals surface area contributed by atoms with Gasteiger partial charge in [-0.2, -0.15) is 4.98 Å². The standard InChI is InChI=1S/C15H23N3O3/c1-10-13(4-5-14(19)20)11(2)18(15(21)16-10)12-6-8-17(3)9-7-12/h12H,4-9H2,1-3H3,(H,19,20). The Kier molecular flexibility index (Phi) is 4.77. The van der Waals surface area contributed by atoms with E-state index in [1.165, 1.54) is 0 Å². The van der Waals surface area contributed by atoms with Crippen molar-refractivity contribution in [3.05, 3.63) is 27.4 Å². The normalized spacial score (nSPS) is 17.1. The SMILES string of the molecule is Cc1nc(=O)n(C2CCN(C)CC2)c(C)c1CCC(=O)O. The van der Waals surface area contributed by atoms with Crippen LogP contribution in [0.25, 0.3) is 0 Å². The van der Waals surface area contributed by atoms with Crippen molar-refractivity contribution in [3.8, 4) is 0 Å². The van der Waals surface area contributed by atoms with Crippen LogP contribution in [0.1, 0.15) is 42.3 Å². The van der Waals surface area contributed by atoms with E-state index in [0.29, 0.717) is 12.1 Å². The highest BCUT2D eigenvalue weighted by atomic mass is 16.4. The Balaban J connectivity index is 2.34. The minimum Gasteiger partial charge on any atom is -0.481 e. The largest absolute Gasteiger partial charge is 0.481 e. The molecule has 6 heteroatoms. The highest BCUT2D eigenvalue weighted by Gasteiger charge is 2.23. The Morgan fingerprint density at radius 2 is 1.95 bits per heavy atom. The molecular weight excluding hydrogens is 270 g/mol. The van der Waals surface area contributed by atoms with Crippen molar-refractivity contribution in [2.45, 2.75) is 45.6 Å². The van der Waals surface area contributed by atoms with E-state index in [1.807, 2.05) is 6.92 Å². The topological polar surface area (TPSA) is 75.4 Å². The van der Waals surface area contributed by atoms with Crippen LogP contribution >= 0.6 is 0 Å². The van der Waals surface area contributed by atoms with E-state index < -0.39 is 5.97 Å². The number of nitrogens with zero attached hydrogens (tertiary/aromatic N) is 3. The van der Waals surface area contributed by atoms with Gasteiger partial charge in [0.15, 0.2) is 0 Å². The number of carbonyl (C=O) groups is 1. The van der Waals surface area contributed by atoms with Gasteiger partial charge < -0.3 is 10.0 Å². The predicted octanol–water partition coefficient (Wildman–Crippen LogP) is 1.14. The van der Waals surface area contributed by atoms with Crippen LogP contribution in [0.4, 0.5) is 0 Å². The number of likely N-dealkylation sites (tertiary alicyclic amines) is 1. The molecule has 0 aromatic carbocycles. The second-order valence-corrected chi connectivity index (χ2v) is 5.84. The first-order chi connectivity index (χ1) is 9.90. The van der Waals surface area contributed by atoms with Crippen molar-refractivity contribution in [3.63, 3.8) is 0 Å². The number of hydrogen-bond acceptors (Lipinski definition) is 4. The monoisotopic (exact) mass is 293 g/mol. The average Bonchev–Trinajstić information content (AvgIpc) is 2.40. The zero-order chi connectivity index (χ0) is 15.6. The van der Waals surface area contributed by atoms with Gasteiger partial charge >= 0.3 is 11.7 Å². The van der Waals surface area contributed by atoms with Gasteiger partial charge in [0, 0.05) is 23.9 Å². The fraction of sp³-hybridized carbons (Fsp3) is 0.667. The van der Waals surface area contributed by atoms with Gasteiger partial charge in [-0.3, -0.25) is 9.36 Å². The lowest BCUT2D eigenvalue weighted by molar-refractivity contribution is -0.136. The number of rotatable bonds is 4. The Morgan fingerprint density at radius 1 is 1.33 bits per heavy atom. The third-order valence-corrected chi connectivity index (χ3v) is 4.35. The average molecular weight is 293 g/mol. The summed E-state index contributed by atoms with van der Waals surface area (Å²) in [6, 6.07) is 0.172. The van der Waals surface area contributed by atoms with Crippen molar-refractivity contribution in [2.75, 3.05) is 20.1 Å². The van der Waals surface area contributed by atoms with Crippen molar-refractivity contribution in [2.24, 2.45) is 0 Å². The number of aromatic nitrogens is 2. The van der Waals surface area contributed by atoms with E-state index in [1.54, 1.807) is 11.5 Å². The summed E-state index contributed by atoms with van der Waals surface area (Å²) in [4.78, 5) is 29.4. The quantitative estimate of drug-likeness (QED) is 0.901. The van der Waals surface area contributed by atoms with Crippen molar-refractivity contribution >= 4 is 5.97 Å². The number of carboxylic acids is 1. The van der Waals surface area contributed by atoms with E-state index in [-0.39, 0.29) is 18.2 Å². The molecule has 0 unspecified atom stereocenters. The summed E-state index contributed by atoms with van der Waals surface area (Å²) >= 11 is 0. The van der Waals surface area contributed by atoms with Gasteiger partial charge in [-0.15, -0.1) is 0 Å². The van der Waals surface area contributed by atoms with Gasteiger partial charge in [0.1, 0.15) is 0 Å². The smallest absolute Gasteiger partial charge is 0.348 e. The molecule has 1 fully saturated rings. The first kappa shape index (κ1) is 15.7. The maximum absolute atomic E-state index is 12.3. The van der Waals surface area contributed by atoms with E-state index in [4.69, 9.17) is 5.11 Å². The number of aryl methyl sites for hydroxylation is 1. The van der Waals surface area contributed by atoms with Crippen LogP contribution in [0.3, 0.4) is 0 Å². The Labute approximate surface area is 124 Å². The maximum Gasteiger partial charge on any atom is 0.348 e. The van der Waals surface area contributed by atoms with Crippen LogP contribution < -0.4 is 5.69 Å². The molecule has 1 aromatic rings. The highest BCUT2D eigenvalue weighted by Crippen LogP contribution is 2.23. The molecule has 21 heavy (non-hydrogen) atoms. The summed E-state index contributed by atoms with van der Waals surface area (Å²) in [5.74, 6) is -0.828. The third-order valence-electron chi connectivity index (χ3n) is 4.35. The lowest BCUT2D eigenvalue weighted by Gasteiger charge is -2.31. The summed E-state index contributed by atoms with van der Waals surface area (Å²) in [7, 11) is 2.08. The van der Waals surface area contributed by atoms with Crippen LogP contribution in [0.5, 0.6) is 0 Å². The van der Waals surface area contributed by atoms with Crippen LogP contribution in [-0.2, 0) is 11.2 Å². The molecule has 0 aliphatic carbocycles. The molecule has 1 aromatic heterocycles. The Morgan fingerprint density at radius 3 is 2.52 bits per heavy atom. The molecular formula is C15H23N3O3. The lowest BCUT2D eigenvalue weighted by atomic mass is 10.0. The molecule has 0 amide bonds. The van der Waals surface area contributed by atoms with Crippen molar-refractivity contribution in [1.82, 2.24) is 14.5 Å². The molecule has 1 N–H and O–H groups in total. The summed E-state index contributed by atoms with van der Waals surface area (Å²) in [6.45, 7) is 5.62. The van der Waals surface area contributed by atoms with Crippen LogP contribution in [-0.4, -0.2) is 45.7 Å². The minimum atomic E-state index is -0.828. The Bertz CT molecular complexity index is 587. The third kappa shape index (κ3) is 3.50. The number of piperidine rings is 1. The summed E-state index contributed by atoms with van der Waals surface area (Å²) < 4.78 is 1.77. The molecule has 2 heterocycles. The van der Waals surface area contributed by atoms with Gasteiger partial charge in [0.2, 0.25) is 0 Å². The molecule has 0 spiro atoms. The van der Waals surface area contributed by atoms with Crippen LogP contribution in [0, 0.1) is 13.8 Å². The molecule has 1 aliphatic rings. The molecule has 116 valence electrons. The van der Waals surface area contributed by atoms with Gasteiger partial charge in [0.25, 0.3) is 0 Å². The Hall–Kier alpha value is -1.69. The van der Waals surface area contributed by atoms with Gasteiger partial charge in [-0.25, -0.2) is 4.79 Å². The summed E-state index contributed by atoms with van der Waals surface area (Å²) in [5.41, 5.74) is 2.22. The van der Waals surface area contributed by atoms with Crippen LogP contribution in [0.15, 0.2) is 4.79 Å². The zero-order valence-electron chi connectivity index (χ0n) is 12.9. The number of carboxylic acid groups (broad SMARTS) is 1. The highest BCUT2D eigenvalue weighted by molar-refractivity contribution is 5.67. The molecule has 0 radical (unpaired) electrons. The van der Waals surface area contributed by atoms with Gasteiger partial charge in [-0.05, 0) is 58.8 Å². The maximum atomic E-state index is 12.3. The lowest BCUT2D eigenvalue weighted by Crippen LogP contribution is -2.38. The fourth-order valence-electron chi connectivity index (χ4n) is 3.09. The molecule has 1 aliphatic heterocycles. The van der Waals surface area contributed by atoms with E-state index in [9.17, 15) is 9.59 Å². The molecule has 6 nitrogen and oxygen atoms in total. The second kappa shape index (κ2) is 6.39. The second-order valence-electron chi connectivity index (χ2n) is 5.84. The number of hydrogen-bond donors (Lipinski definition) is 1. The molecule has 0 saturated carbocycles. The van der Waals surface area contributed by atoms with Gasteiger partial charge in [-0.1, -0.05) is 0 Å². The molecule has 0 bridgehead atoms.